The summed E-state index contributed by atoms with van der Waals surface area (Å²) >= 11 is 0. The fourth-order valence-electron chi connectivity index (χ4n) is 1.52. The van der Waals surface area contributed by atoms with Gasteiger partial charge in [0.25, 0.3) is 0 Å². The SMILES string of the molecule is COCCCNS(=O)(=O)c1cc(C(=O)O)ccc1C. The summed E-state index contributed by atoms with van der Waals surface area (Å²) in [6, 6.07) is 4.02. The van der Waals surface area contributed by atoms with E-state index in [0.29, 0.717) is 18.6 Å². The number of aromatic carboxylic acids is 1. The molecule has 1 aromatic rings. The number of hydrogen-bond donors (Lipinski definition) is 2. The molecule has 106 valence electrons. The maximum Gasteiger partial charge on any atom is 0.335 e. The molecule has 0 spiro atoms. The lowest BCUT2D eigenvalue weighted by Gasteiger charge is -2.10. The Bertz CT molecular complexity index is 553. The van der Waals surface area contributed by atoms with Gasteiger partial charge in [0, 0.05) is 20.3 Å². The summed E-state index contributed by atoms with van der Waals surface area (Å²) in [7, 11) is -2.16. The summed E-state index contributed by atoms with van der Waals surface area (Å²) < 4.78 is 31.3. The van der Waals surface area contributed by atoms with E-state index < -0.39 is 16.0 Å². The van der Waals surface area contributed by atoms with Gasteiger partial charge in [0.05, 0.1) is 10.5 Å². The molecule has 1 aromatic carbocycles. The molecule has 0 saturated heterocycles. The third kappa shape index (κ3) is 4.30. The topological polar surface area (TPSA) is 92.7 Å². The van der Waals surface area contributed by atoms with Crippen LogP contribution >= 0.6 is 0 Å². The van der Waals surface area contributed by atoms with Gasteiger partial charge in [-0.05, 0) is 31.0 Å². The number of aryl methyl sites for hydroxylation is 1. The molecule has 0 unspecified atom stereocenters. The van der Waals surface area contributed by atoms with Gasteiger partial charge in [-0.25, -0.2) is 17.9 Å². The number of benzene rings is 1. The summed E-state index contributed by atoms with van der Waals surface area (Å²) in [5, 5.41) is 8.88. The maximum atomic E-state index is 12.0. The van der Waals surface area contributed by atoms with Gasteiger partial charge in [-0.2, -0.15) is 0 Å². The lowest BCUT2D eigenvalue weighted by molar-refractivity contribution is 0.0696. The smallest absolute Gasteiger partial charge is 0.335 e. The number of nitrogens with one attached hydrogen (secondary N) is 1. The Morgan fingerprint density at radius 2 is 2.11 bits per heavy atom. The van der Waals surface area contributed by atoms with Crippen molar-refractivity contribution in [3.63, 3.8) is 0 Å². The van der Waals surface area contributed by atoms with Crippen molar-refractivity contribution in [2.24, 2.45) is 0 Å². The second-order valence-electron chi connectivity index (χ2n) is 4.03. The monoisotopic (exact) mass is 287 g/mol. The van der Waals surface area contributed by atoms with Crippen LogP contribution in [0, 0.1) is 6.92 Å². The third-order valence-corrected chi connectivity index (χ3v) is 4.14. The quantitative estimate of drug-likeness (QED) is 0.730. The number of hydrogen-bond acceptors (Lipinski definition) is 4. The van der Waals surface area contributed by atoms with Crippen LogP contribution in [0.1, 0.15) is 22.3 Å². The zero-order valence-electron chi connectivity index (χ0n) is 10.8. The molecule has 0 heterocycles. The normalized spacial score (nSPS) is 11.5. The van der Waals surface area contributed by atoms with Gasteiger partial charge in [-0.1, -0.05) is 6.07 Å². The van der Waals surface area contributed by atoms with Gasteiger partial charge in [0.1, 0.15) is 0 Å². The number of rotatable bonds is 7. The minimum absolute atomic E-state index is 0.00943. The van der Waals surface area contributed by atoms with Gasteiger partial charge >= 0.3 is 5.97 Å². The highest BCUT2D eigenvalue weighted by Gasteiger charge is 2.18. The molecule has 0 saturated carbocycles. The van der Waals surface area contributed by atoms with Crippen LogP contribution in [-0.4, -0.2) is 39.8 Å². The summed E-state index contributed by atoms with van der Waals surface area (Å²) in [5.74, 6) is -1.16. The van der Waals surface area contributed by atoms with Crippen molar-refractivity contribution in [1.82, 2.24) is 4.72 Å². The van der Waals surface area contributed by atoms with Gasteiger partial charge in [-0.3, -0.25) is 0 Å². The van der Waals surface area contributed by atoms with E-state index in [0.717, 1.165) is 6.07 Å². The molecule has 0 aliphatic heterocycles. The predicted molar refractivity (Wildman–Crippen MR) is 69.8 cm³/mol. The lowest BCUT2D eigenvalue weighted by Crippen LogP contribution is -2.26. The highest BCUT2D eigenvalue weighted by Crippen LogP contribution is 2.17. The van der Waals surface area contributed by atoms with Crippen LogP contribution in [0.25, 0.3) is 0 Å². The van der Waals surface area contributed by atoms with E-state index in [1.165, 1.54) is 19.2 Å². The number of carboxylic acids is 1. The van der Waals surface area contributed by atoms with E-state index in [1.807, 2.05) is 0 Å². The molecule has 0 aliphatic rings. The standard InChI is InChI=1S/C12H17NO5S/c1-9-4-5-10(12(14)15)8-11(9)19(16,17)13-6-3-7-18-2/h4-5,8,13H,3,6-7H2,1-2H3,(H,14,15). The van der Waals surface area contributed by atoms with Crippen LogP contribution < -0.4 is 4.72 Å². The van der Waals surface area contributed by atoms with Gasteiger partial charge in [0.2, 0.25) is 10.0 Å². The van der Waals surface area contributed by atoms with Crippen LogP contribution in [-0.2, 0) is 14.8 Å². The van der Waals surface area contributed by atoms with E-state index in [-0.39, 0.29) is 17.0 Å². The van der Waals surface area contributed by atoms with E-state index in [1.54, 1.807) is 6.92 Å². The van der Waals surface area contributed by atoms with Crippen molar-refractivity contribution < 1.29 is 23.1 Å². The summed E-state index contributed by atoms with van der Waals surface area (Å²) in [6.45, 7) is 2.32. The van der Waals surface area contributed by atoms with Crippen molar-refractivity contribution in [2.75, 3.05) is 20.3 Å². The Hall–Kier alpha value is -1.44. The first-order chi connectivity index (χ1) is 8.88. The zero-order valence-corrected chi connectivity index (χ0v) is 11.7. The Morgan fingerprint density at radius 1 is 1.42 bits per heavy atom. The first kappa shape index (κ1) is 15.6. The lowest BCUT2D eigenvalue weighted by atomic mass is 10.1. The van der Waals surface area contributed by atoms with Gasteiger partial charge < -0.3 is 9.84 Å². The predicted octanol–water partition coefficient (Wildman–Crippen LogP) is 1.01. The van der Waals surface area contributed by atoms with Gasteiger partial charge in [0.15, 0.2) is 0 Å². The van der Waals surface area contributed by atoms with Crippen molar-refractivity contribution in [2.45, 2.75) is 18.2 Å². The Kier molecular flexibility index (Phi) is 5.46. The summed E-state index contributed by atoms with van der Waals surface area (Å²) in [4.78, 5) is 10.8. The van der Waals surface area contributed by atoms with Crippen LogP contribution in [0.4, 0.5) is 0 Å². The average molecular weight is 287 g/mol. The molecule has 6 nitrogen and oxygen atoms in total. The molecule has 1 rings (SSSR count). The van der Waals surface area contributed by atoms with E-state index in [4.69, 9.17) is 9.84 Å². The van der Waals surface area contributed by atoms with Crippen LogP contribution in [0.3, 0.4) is 0 Å². The number of methoxy groups -OCH3 is 1. The van der Waals surface area contributed by atoms with Crippen LogP contribution in [0.5, 0.6) is 0 Å². The summed E-state index contributed by atoms with van der Waals surface area (Å²) in [5.41, 5.74) is 0.451. The molecule has 7 heteroatoms. The second-order valence-corrected chi connectivity index (χ2v) is 5.76. The largest absolute Gasteiger partial charge is 0.478 e. The molecular weight excluding hydrogens is 270 g/mol. The Morgan fingerprint density at radius 3 is 2.68 bits per heavy atom. The second kappa shape index (κ2) is 6.65. The van der Waals surface area contributed by atoms with Crippen molar-refractivity contribution >= 4 is 16.0 Å². The minimum atomic E-state index is -3.70. The highest BCUT2D eigenvalue weighted by atomic mass is 32.2. The molecule has 0 aromatic heterocycles. The van der Waals surface area contributed by atoms with Crippen molar-refractivity contribution in [3.8, 4) is 0 Å². The van der Waals surface area contributed by atoms with E-state index in [2.05, 4.69) is 4.72 Å². The number of carbonyl (C=O) groups is 1. The molecule has 0 fully saturated rings. The summed E-state index contributed by atoms with van der Waals surface area (Å²) in [6.07, 6.45) is 0.549. The van der Waals surface area contributed by atoms with Crippen molar-refractivity contribution in [3.05, 3.63) is 29.3 Å². The first-order valence-corrected chi connectivity index (χ1v) is 7.19. The van der Waals surface area contributed by atoms with Crippen molar-refractivity contribution in [1.29, 1.82) is 0 Å². The number of carboxylic acid groups (broad SMARTS) is 1. The van der Waals surface area contributed by atoms with E-state index in [9.17, 15) is 13.2 Å². The molecule has 2 N–H and O–H groups in total. The van der Waals surface area contributed by atoms with Crippen LogP contribution in [0.2, 0.25) is 0 Å². The third-order valence-electron chi connectivity index (χ3n) is 2.54. The Labute approximate surface area is 112 Å². The number of ether oxygens (including phenoxy) is 1. The molecule has 0 aliphatic carbocycles. The average Bonchev–Trinajstić information content (AvgIpc) is 2.34. The molecular formula is C12H17NO5S. The first-order valence-electron chi connectivity index (χ1n) is 5.71. The highest BCUT2D eigenvalue weighted by molar-refractivity contribution is 7.89. The van der Waals surface area contributed by atoms with E-state index >= 15 is 0 Å². The fourth-order valence-corrected chi connectivity index (χ4v) is 2.87. The van der Waals surface area contributed by atoms with Crippen LogP contribution in [0.15, 0.2) is 23.1 Å². The Balaban J connectivity index is 2.94. The van der Waals surface area contributed by atoms with Gasteiger partial charge in [-0.15, -0.1) is 0 Å². The molecule has 0 amide bonds. The number of sulfonamides is 1. The molecule has 0 atom stereocenters. The molecule has 19 heavy (non-hydrogen) atoms. The molecule has 0 radical (unpaired) electrons. The molecule has 0 bridgehead atoms. The maximum absolute atomic E-state index is 12.0. The fraction of sp³-hybridized carbons (Fsp3) is 0.417. The minimum Gasteiger partial charge on any atom is -0.478 e. The zero-order chi connectivity index (χ0) is 14.5.